The van der Waals surface area contributed by atoms with Crippen LogP contribution < -0.4 is 11.1 Å². The van der Waals surface area contributed by atoms with Gasteiger partial charge in [0, 0.05) is 5.54 Å². The fourth-order valence-corrected chi connectivity index (χ4v) is 0.360. The molecule has 0 spiro atoms. The Labute approximate surface area is 56.3 Å². The Kier molecular flexibility index (Phi) is 3.24. The van der Waals surface area contributed by atoms with E-state index >= 15 is 0 Å². The van der Waals surface area contributed by atoms with Crippen molar-refractivity contribution in [2.75, 3.05) is 13.6 Å². The third-order valence-corrected chi connectivity index (χ3v) is 1.27. The lowest BCUT2D eigenvalue weighted by Gasteiger charge is -2.20. The first-order valence-electron chi connectivity index (χ1n) is 3.01. The van der Waals surface area contributed by atoms with Crippen LogP contribution in [0.2, 0.25) is 0 Å². The van der Waals surface area contributed by atoms with E-state index in [1.54, 1.807) is 0 Å². The zero-order valence-corrected chi connectivity index (χ0v) is 6.31. The van der Waals surface area contributed by atoms with E-state index in [1.807, 2.05) is 7.05 Å². The molecule has 0 saturated heterocycles. The van der Waals surface area contributed by atoms with Gasteiger partial charge in [0.15, 0.2) is 0 Å². The average Bonchev–Trinajstić information content (AvgIpc) is 1.84. The van der Waals surface area contributed by atoms with E-state index in [4.69, 9.17) is 5.73 Å². The third-order valence-electron chi connectivity index (χ3n) is 1.27. The summed E-state index contributed by atoms with van der Waals surface area (Å²) in [6.07, 6.45) is 1.33. The Morgan fingerprint density at radius 2 is 2.22 bits per heavy atom. The lowest BCUT2D eigenvalue weighted by Crippen LogP contribution is -2.39. The van der Waals surface area contributed by atoms with E-state index in [0.29, 0.717) is 0 Å². The molecule has 9 heavy (non-hydrogen) atoms. The average molecular weight is 129 g/mol. The van der Waals surface area contributed by atoms with Gasteiger partial charge in [-0.05, 0) is 20.9 Å². The van der Waals surface area contributed by atoms with Crippen molar-refractivity contribution in [3.05, 3.63) is 0 Å². The molecule has 0 rings (SSSR count). The highest BCUT2D eigenvalue weighted by molar-refractivity contribution is 5.51. The molecule has 0 aromatic rings. The monoisotopic (exact) mass is 129 g/mol. The molecule has 3 N–H and O–H groups in total. The lowest BCUT2D eigenvalue weighted by atomic mass is 10.1. The number of hydrogen-bond acceptors (Lipinski definition) is 2. The smallest absolute Gasteiger partial charge is 0.0798 e. The second kappa shape index (κ2) is 3.45. The van der Waals surface area contributed by atoms with Gasteiger partial charge in [-0.2, -0.15) is 0 Å². The summed E-state index contributed by atoms with van der Waals surface area (Å²) >= 11 is 0. The van der Waals surface area contributed by atoms with Crippen LogP contribution >= 0.6 is 0 Å². The second-order valence-corrected chi connectivity index (χ2v) is 2.62. The summed E-state index contributed by atoms with van der Waals surface area (Å²) < 4.78 is 0. The summed E-state index contributed by atoms with van der Waals surface area (Å²) in [5.74, 6) is 0. The molecule has 0 unspecified atom stereocenters. The van der Waals surface area contributed by atoms with Crippen molar-refractivity contribution < 1.29 is 0 Å². The summed E-state index contributed by atoms with van der Waals surface area (Å²) in [6.45, 7) is 4.86. The topological polar surface area (TPSA) is 50.4 Å². The molecule has 0 radical (unpaired) electrons. The SMILES string of the molecule is CNC(C)(C)CN=CN. The van der Waals surface area contributed by atoms with Crippen LogP contribution in [0.4, 0.5) is 0 Å². The van der Waals surface area contributed by atoms with Crippen molar-refractivity contribution in [2.45, 2.75) is 19.4 Å². The van der Waals surface area contributed by atoms with Gasteiger partial charge in [-0.3, -0.25) is 4.99 Å². The van der Waals surface area contributed by atoms with Gasteiger partial charge in [0.1, 0.15) is 0 Å². The van der Waals surface area contributed by atoms with E-state index in [9.17, 15) is 0 Å². The van der Waals surface area contributed by atoms with E-state index < -0.39 is 0 Å². The minimum absolute atomic E-state index is 0.0653. The van der Waals surface area contributed by atoms with E-state index in [1.165, 1.54) is 6.34 Å². The van der Waals surface area contributed by atoms with Crippen LogP contribution in [0.5, 0.6) is 0 Å². The molecule has 0 aliphatic heterocycles. The van der Waals surface area contributed by atoms with E-state index in [2.05, 4.69) is 24.2 Å². The summed E-state index contributed by atoms with van der Waals surface area (Å²) in [5, 5.41) is 3.11. The van der Waals surface area contributed by atoms with Crippen molar-refractivity contribution in [1.82, 2.24) is 5.32 Å². The standard InChI is InChI=1S/C6H15N3/c1-6(2,8-3)4-9-5-7/h5,8H,4H2,1-3H3,(H2,7,9). The second-order valence-electron chi connectivity index (χ2n) is 2.62. The van der Waals surface area contributed by atoms with E-state index in [-0.39, 0.29) is 5.54 Å². The Balaban J connectivity index is 3.58. The fourth-order valence-electron chi connectivity index (χ4n) is 0.360. The van der Waals surface area contributed by atoms with Crippen LogP contribution in [0.25, 0.3) is 0 Å². The first-order valence-corrected chi connectivity index (χ1v) is 3.01. The number of rotatable bonds is 3. The number of nitrogens with zero attached hydrogens (tertiary/aromatic N) is 1. The molecule has 3 nitrogen and oxygen atoms in total. The van der Waals surface area contributed by atoms with Gasteiger partial charge in [0.05, 0.1) is 12.9 Å². The minimum atomic E-state index is 0.0653. The maximum absolute atomic E-state index is 5.07. The van der Waals surface area contributed by atoms with E-state index in [0.717, 1.165) is 6.54 Å². The molecular weight excluding hydrogens is 114 g/mol. The van der Waals surface area contributed by atoms with Crippen LogP contribution in [0.1, 0.15) is 13.8 Å². The zero-order valence-electron chi connectivity index (χ0n) is 6.31. The lowest BCUT2D eigenvalue weighted by molar-refractivity contribution is 0.437. The van der Waals surface area contributed by atoms with Gasteiger partial charge in [-0.1, -0.05) is 0 Å². The highest BCUT2D eigenvalue weighted by Crippen LogP contribution is 1.99. The molecule has 0 heterocycles. The number of aliphatic imine (C=N–C) groups is 1. The quantitative estimate of drug-likeness (QED) is 0.415. The fraction of sp³-hybridized carbons (Fsp3) is 0.833. The molecule has 0 aromatic heterocycles. The molecule has 0 bridgehead atoms. The molecule has 0 aliphatic carbocycles. The molecule has 0 aliphatic rings. The first-order chi connectivity index (χ1) is 4.12. The van der Waals surface area contributed by atoms with Crippen molar-refractivity contribution in [3.8, 4) is 0 Å². The highest BCUT2D eigenvalue weighted by Gasteiger charge is 2.11. The third kappa shape index (κ3) is 3.97. The van der Waals surface area contributed by atoms with Gasteiger partial charge >= 0.3 is 0 Å². The summed E-state index contributed by atoms with van der Waals surface area (Å²) in [4.78, 5) is 3.90. The summed E-state index contributed by atoms with van der Waals surface area (Å²) in [7, 11) is 1.91. The summed E-state index contributed by atoms with van der Waals surface area (Å²) in [5.41, 5.74) is 5.14. The van der Waals surface area contributed by atoms with Crippen molar-refractivity contribution in [1.29, 1.82) is 0 Å². The highest BCUT2D eigenvalue weighted by atomic mass is 15.0. The van der Waals surface area contributed by atoms with Gasteiger partial charge < -0.3 is 11.1 Å². The normalized spacial score (nSPS) is 12.8. The largest absolute Gasteiger partial charge is 0.390 e. The number of nitrogens with two attached hydrogens (primary N) is 1. The summed E-state index contributed by atoms with van der Waals surface area (Å²) in [6, 6.07) is 0. The number of hydrogen-bond donors (Lipinski definition) is 2. The minimum Gasteiger partial charge on any atom is -0.390 e. The molecule has 0 aromatic carbocycles. The van der Waals surface area contributed by atoms with Crippen LogP contribution in [0.15, 0.2) is 4.99 Å². The Morgan fingerprint density at radius 3 is 2.56 bits per heavy atom. The predicted molar refractivity (Wildman–Crippen MR) is 40.7 cm³/mol. The van der Waals surface area contributed by atoms with Crippen LogP contribution in [-0.2, 0) is 0 Å². The Morgan fingerprint density at radius 1 is 1.67 bits per heavy atom. The van der Waals surface area contributed by atoms with Crippen LogP contribution in [0.3, 0.4) is 0 Å². The zero-order chi connectivity index (χ0) is 7.33. The predicted octanol–water partition coefficient (Wildman–Crippen LogP) is -0.0286. The van der Waals surface area contributed by atoms with Crippen LogP contribution in [-0.4, -0.2) is 25.5 Å². The maximum Gasteiger partial charge on any atom is 0.0798 e. The van der Waals surface area contributed by atoms with Gasteiger partial charge in [0.2, 0.25) is 0 Å². The molecular formula is C6H15N3. The van der Waals surface area contributed by atoms with Crippen molar-refractivity contribution in [3.63, 3.8) is 0 Å². The molecule has 0 atom stereocenters. The molecule has 0 amide bonds. The van der Waals surface area contributed by atoms with Gasteiger partial charge in [-0.15, -0.1) is 0 Å². The van der Waals surface area contributed by atoms with Crippen molar-refractivity contribution in [2.24, 2.45) is 10.7 Å². The Hall–Kier alpha value is -0.570. The molecule has 0 fully saturated rings. The van der Waals surface area contributed by atoms with Gasteiger partial charge in [-0.25, -0.2) is 0 Å². The molecule has 54 valence electrons. The molecule has 3 heteroatoms. The Bertz CT molecular complexity index is 96.5. The van der Waals surface area contributed by atoms with Crippen molar-refractivity contribution >= 4 is 6.34 Å². The maximum atomic E-state index is 5.07. The number of nitrogens with one attached hydrogen (secondary N) is 1. The first kappa shape index (κ1) is 8.43. The molecule has 0 saturated carbocycles. The van der Waals surface area contributed by atoms with Gasteiger partial charge in [0.25, 0.3) is 0 Å². The number of likely N-dealkylation sites (N-methyl/N-ethyl adjacent to an activating group) is 1. The van der Waals surface area contributed by atoms with Crippen LogP contribution in [0, 0.1) is 0 Å².